The highest BCUT2D eigenvalue weighted by atomic mass is 16.6. The Kier molecular flexibility index (Phi) is 2.17. The number of aromatic nitrogens is 3. The summed E-state index contributed by atoms with van der Waals surface area (Å²) in [5.74, 6) is 0.488. The van der Waals surface area contributed by atoms with Gasteiger partial charge in [-0.2, -0.15) is 0 Å². The van der Waals surface area contributed by atoms with Crippen LogP contribution in [0.4, 0.5) is 5.69 Å². The van der Waals surface area contributed by atoms with Crippen LogP contribution in [0, 0.1) is 10.1 Å². The molecule has 0 amide bonds. The average Bonchev–Trinajstić information content (AvgIpc) is 2.64. The normalized spacial score (nSPS) is 10.2. The van der Waals surface area contributed by atoms with E-state index in [0.717, 1.165) is 0 Å². The fraction of sp³-hybridized carbons (Fsp3) is 0.111. The number of nitrogens with zero attached hydrogens (tertiary/aromatic N) is 4. The van der Waals surface area contributed by atoms with E-state index in [-0.39, 0.29) is 5.69 Å². The first-order chi connectivity index (χ1) is 7.20. The van der Waals surface area contributed by atoms with Gasteiger partial charge in [-0.3, -0.25) is 10.1 Å². The second-order valence-corrected chi connectivity index (χ2v) is 3.04. The molecule has 0 spiro atoms. The van der Waals surface area contributed by atoms with Crippen LogP contribution in [0.25, 0.3) is 11.4 Å². The van der Waals surface area contributed by atoms with Crippen molar-refractivity contribution in [3.05, 3.63) is 40.7 Å². The molecule has 1 aromatic heterocycles. The summed E-state index contributed by atoms with van der Waals surface area (Å²) >= 11 is 0. The van der Waals surface area contributed by atoms with E-state index in [0.29, 0.717) is 11.4 Å². The molecule has 15 heavy (non-hydrogen) atoms. The molecule has 1 heterocycles. The van der Waals surface area contributed by atoms with Crippen LogP contribution in [0.1, 0.15) is 0 Å². The predicted octanol–water partition coefficient (Wildman–Crippen LogP) is 1.39. The van der Waals surface area contributed by atoms with E-state index in [1.807, 2.05) is 0 Å². The molecule has 2 aromatic rings. The third kappa shape index (κ3) is 1.56. The van der Waals surface area contributed by atoms with Crippen molar-refractivity contribution in [2.45, 2.75) is 0 Å². The largest absolute Gasteiger partial charge is 0.317 e. The van der Waals surface area contributed by atoms with Crippen LogP contribution in [0.3, 0.4) is 0 Å². The lowest BCUT2D eigenvalue weighted by molar-refractivity contribution is -0.384. The second-order valence-electron chi connectivity index (χ2n) is 3.04. The summed E-state index contributed by atoms with van der Waals surface area (Å²) in [6, 6.07) is 6.46. The zero-order valence-corrected chi connectivity index (χ0v) is 7.99. The summed E-state index contributed by atoms with van der Waals surface area (Å²) < 4.78 is 1.64. The lowest BCUT2D eigenvalue weighted by atomic mass is 10.1. The first-order valence-electron chi connectivity index (χ1n) is 4.28. The maximum Gasteiger partial charge on any atom is 0.280 e. The molecule has 6 nitrogen and oxygen atoms in total. The van der Waals surface area contributed by atoms with Crippen molar-refractivity contribution in [3.8, 4) is 11.4 Å². The molecule has 0 radical (unpaired) electrons. The Hall–Kier alpha value is -2.24. The van der Waals surface area contributed by atoms with Crippen molar-refractivity contribution >= 4 is 5.69 Å². The molecule has 0 atom stereocenters. The number of nitro groups is 1. The van der Waals surface area contributed by atoms with Gasteiger partial charge in [0.2, 0.25) is 0 Å². The van der Waals surface area contributed by atoms with Crippen molar-refractivity contribution in [3.63, 3.8) is 0 Å². The highest BCUT2D eigenvalue weighted by molar-refractivity contribution is 5.67. The lowest BCUT2D eigenvalue weighted by Crippen LogP contribution is -1.96. The Morgan fingerprint density at radius 2 is 2.13 bits per heavy atom. The number of hydrogen-bond acceptors (Lipinski definition) is 4. The molecular weight excluding hydrogens is 196 g/mol. The number of benzene rings is 1. The average molecular weight is 204 g/mol. The standard InChI is InChI=1S/C9H8N4O2/c1-12-6-10-11-9(12)7-4-2-3-5-8(7)13(14)15/h2-6H,1H3. The number of rotatable bonds is 2. The van der Waals surface area contributed by atoms with Crippen LogP contribution in [0.5, 0.6) is 0 Å². The van der Waals surface area contributed by atoms with Crippen LogP contribution < -0.4 is 0 Å². The van der Waals surface area contributed by atoms with Crippen LogP contribution in [-0.2, 0) is 7.05 Å². The van der Waals surface area contributed by atoms with E-state index in [2.05, 4.69) is 10.2 Å². The zero-order chi connectivity index (χ0) is 10.8. The molecule has 76 valence electrons. The molecule has 0 bridgehead atoms. The van der Waals surface area contributed by atoms with Gasteiger partial charge in [0.25, 0.3) is 5.69 Å². The van der Waals surface area contributed by atoms with E-state index in [4.69, 9.17) is 0 Å². The molecule has 1 aromatic carbocycles. The maximum absolute atomic E-state index is 10.8. The number of para-hydroxylation sites is 1. The van der Waals surface area contributed by atoms with Gasteiger partial charge in [0, 0.05) is 13.1 Å². The molecule has 0 unspecified atom stereocenters. The molecule has 0 aliphatic heterocycles. The molecule has 0 fully saturated rings. The van der Waals surface area contributed by atoms with Gasteiger partial charge in [0.1, 0.15) is 6.33 Å². The van der Waals surface area contributed by atoms with Gasteiger partial charge in [0.05, 0.1) is 10.5 Å². The van der Waals surface area contributed by atoms with Crippen molar-refractivity contribution in [2.75, 3.05) is 0 Å². The van der Waals surface area contributed by atoms with E-state index >= 15 is 0 Å². The topological polar surface area (TPSA) is 73.8 Å². The predicted molar refractivity (Wildman–Crippen MR) is 53.1 cm³/mol. The first kappa shape index (κ1) is 9.32. The quantitative estimate of drug-likeness (QED) is 0.547. The van der Waals surface area contributed by atoms with Gasteiger partial charge >= 0.3 is 0 Å². The van der Waals surface area contributed by atoms with Crippen LogP contribution >= 0.6 is 0 Å². The van der Waals surface area contributed by atoms with Crippen molar-refractivity contribution in [1.82, 2.24) is 14.8 Å². The molecule has 6 heteroatoms. The summed E-state index contributed by atoms with van der Waals surface area (Å²) in [7, 11) is 1.74. The number of nitro benzene ring substituents is 1. The minimum absolute atomic E-state index is 0.0357. The van der Waals surface area contributed by atoms with Crippen LogP contribution in [0.2, 0.25) is 0 Å². The van der Waals surface area contributed by atoms with Crippen molar-refractivity contribution < 1.29 is 4.92 Å². The van der Waals surface area contributed by atoms with Gasteiger partial charge in [-0.05, 0) is 6.07 Å². The number of hydrogen-bond donors (Lipinski definition) is 0. The third-order valence-corrected chi connectivity index (χ3v) is 2.05. The van der Waals surface area contributed by atoms with Gasteiger partial charge in [-0.15, -0.1) is 10.2 Å². The minimum atomic E-state index is -0.427. The molecule has 0 N–H and O–H groups in total. The summed E-state index contributed by atoms with van der Waals surface area (Å²) in [6.45, 7) is 0. The molecule has 0 saturated carbocycles. The smallest absolute Gasteiger partial charge is 0.280 e. The fourth-order valence-corrected chi connectivity index (χ4v) is 1.35. The summed E-state index contributed by atoms with van der Waals surface area (Å²) in [5, 5.41) is 18.3. The van der Waals surface area contributed by atoms with Crippen molar-refractivity contribution in [2.24, 2.45) is 7.05 Å². The Balaban J connectivity index is 2.63. The molecular formula is C9H8N4O2. The monoisotopic (exact) mass is 204 g/mol. The third-order valence-electron chi connectivity index (χ3n) is 2.05. The van der Waals surface area contributed by atoms with Crippen LogP contribution in [0.15, 0.2) is 30.6 Å². The van der Waals surface area contributed by atoms with E-state index in [1.165, 1.54) is 12.4 Å². The van der Waals surface area contributed by atoms with Crippen LogP contribution in [-0.4, -0.2) is 19.7 Å². The molecule has 0 aliphatic rings. The Labute approximate surface area is 85.3 Å². The van der Waals surface area contributed by atoms with E-state index in [9.17, 15) is 10.1 Å². The van der Waals surface area contributed by atoms with E-state index in [1.54, 1.807) is 29.8 Å². The molecule has 0 aliphatic carbocycles. The number of aryl methyl sites for hydroxylation is 1. The summed E-state index contributed by atoms with van der Waals surface area (Å²) in [6.07, 6.45) is 1.51. The minimum Gasteiger partial charge on any atom is -0.317 e. The van der Waals surface area contributed by atoms with Gasteiger partial charge in [0.15, 0.2) is 5.82 Å². The Bertz CT molecular complexity index is 506. The Morgan fingerprint density at radius 3 is 2.73 bits per heavy atom. The summed E-state index contributed by atoms with van der Waals surface area (Å²) in [4.78, 5) is 10.3. The second kappa shape index (κ2) is 3.49. The fourth-order valence-electron chi connectivity index (χ4n) is 1.35. The highest BCUT2D eigenvalue weighted by Crippen LogP contribution is 2.26. The SMILES string of the molecule is Cn1cnnc1-c1ccccc1[N+](=O)[O-]. The highest BCUT2D eigenvalue weighted by Gasteiger charge is 2.17. The van der Waals surface area contributed by atoms with Gasteiger partial charge in [-0.25, -0.2) is 0 Å². The lowest BCUT2D eigenvalue weighted by Gasteiger charge is -2.00. The Morgan fingerprint density at radius 1 is 1.40 bits per heavy atom. The molecule has 2 rings (SSSR count). The van der Waals surface area contributed by atoms with Gasteiger partial charge < -0.3 is 4.57 Å². The summed E-state index contributed by atoms with van der Waals surface area (Å²) in [5.41, 5.74) is 0.510. The van der Waals surface area contributed by atoms with E-state index < -0.39 is 4.92 Å². The molecule has 0 saturated heterocycles. The zero-order valence-electron chi connectivity index (χ0n) is 7.99. The first-order valence-corrected chi connectivity index (χ1v) is 4.28. The van der Waals surface area contributed by atoms with Crippen molar-refractivity contribution in [1.29, 1.82) is 0 Å². The maximum atomic E-state index is 10.8. The van der Waals surface area contributed by atoms with Gasteiger partial charge in [-0.1, -0.05) is 12.1 Å².